The van der Waals surface area contributed by atoms with E-state index in [0.29, 0.717) is 4.90 Å². The Balaban J connectivity index is 1.50. The number of anilines is 2. The van der Waals surface area contributed by atoms with E-state index in [4.69, 9.17) is 16.3 Å². The van der Waals surface area contributed by atoms with Gasteiger partial charge in [0.2, 0.25) is 0 Å². The summed E-state index contributed by atoms with van der Waals surface area (Å²) in [7, 11) is 0. The molecular formula is C25H16ClFN4O7. The van der Waals surface area contributed by atoms with Gasteiger partial charge < -0.3 is 10.1 Å². The van der Waals surface area contributed by atoms with Gasteiger partial charge in [0.1, 0.15) is 17.1 Å². The molecule has 1 heterocycles. The lowest BCUT2D eigenvalue weighted by Crippen LogP contribution is -2.54. The number of nitrogens with zero attached hydrogens (tertiary/aromatic N) is 2. The van der Waals surface area contributed by atoms with E-state index in [1.165, 1.54) is 60.7 Å². The highest BCUT2D eigenvalue weighted by atomic mass is 35.5. The number of para-hydroxylation sites is 1. The molecule has 0 spiro atoms. The summed E-state index contributed by atoms with van der Waals surface area (Å²) in [6.45, 7) is -0.477. The van der Waals surface area contributed by atoms with E-state index in [0.717, 1.165) is 6.07 Å². The molecule has 0 bridgehead atoms. The first-order chi connectivity index (χ1) is 18.1. The molecule has 0 atom stereocenters. The van der Waals surface area contributed by atoms with Crippen LogP contribution in [0, 0.1) is 15.9 Å². The van der Waals surface area contributed by atoms with E-state index in [9.17, 15) is 33.7 Å². The van der Waals surface area contributed by atoms with E-state index in [1.54, 1.807) is 6.07 Å². The summed E-state index contributed by atoms with van der Waals surface area (Å²) in [5.41, 5.74) is -0.608. The molecule has 1 fully saturated rings. The monoisotopic (exact) mass is 538 g/mol. The number of carbonyl (C=O) groups excluding carboxylic acids is 4. The van der Waals surface area contributed by atoms with E-state index in [-0.39, 0.29) is 33.4 Å². The van der Waals surface area contributed by atoms with E-state index in [1.807, 2.05) is 5.32 Å². The van der Waals surface area contributed by atoms with Gasteiger partial charge in [-0.2, -0.15) is 0 Å². The number of nitro groups is 1. The first-order valence-electron chi connectivity index (χ1n) is 10.8. The SMILES string of the molecule is O=C(COc1ccc(/C=C2/C(=O)NC(=O)N(c3cccc([N+](=O)[O-])c3)C2=O)cc1Cl)Nc1ccccc1F. The second-order valence-corrected chi connectivity index (χ2v) is 8.15. The van der Waals surface area contributed by atoms with Gasteiger partial charge in [-0.15, -0.1) is 0 Å². The van der Waals surface area contributed by atoms with Crippen molar-refractivity contribution >= 4 is 58.5 Å². The minimum Gasteiger partial charge on any atom is -0.482 e. The number of barbiturate groups is 1. The first kappa shape index (κ1) is 26.0. The van der Waals surface area contributed by atoms with Gasteiger partial charge in [0.05, 0.1) is 21.3 Å². The number of imide groups is 2. The summed E-state index contributed by atoms with van der Waals surface area (Å²) >= 11 is 6.22. The average molecular weight is 539 g/mol. The fraction of sp³-hybridized carbons (Fsp3) is 0.0400. The molecule has 1 saturated heterocycles. The van der Waals surface area contributed by atoms with E-state index in [2.05, 4.69) is 5.32 Å². The third-order valence-corrected chi connectivity index (χ3v) is 5.47. The summed E-state index contributed by atoms with van der Waals surface area (Å²) in [5, 5.41) is 15.5. The van der Waals surface area contributed by atoms with Gasteiger partial charge in [-0.1, -0.05) is 35.9 Å². The molecule has 3 aromatic rings. The summed E-state index contributed by atoms with van der Waals surface area (Å²) in [6.07, 6.45) is 1.18. The number of halogens is 2. The van der Waals surface area contributed by atoms with Crippen LogP contribution < -0.4 is 20.3 Å². The Morgan fingerprint density at radius 2 is 1.87 bits per heavy atom. The zero-order chi connectivity index (χ0) is 27.4. The van der Waals surface area contributed by atoms with Gasteiger partial charge in [-0.25, -0.2) is 14.1 Å². The van der Waals surface area contributed by atoms with Gasteiger partial charge >= 0.3 is 6.03 Å². The van der Waals surface area contributed by atoms with Gasteiger partial charge in [0.15, 0.2) is 6.61 Å². The molecule has 4 rings (SSSR count). The molecule has 0 radical (unpaired) electrons. The van der Waals surface area contributed by atoms with Crippen molar-refractivity contribution in [1.82, 2.24) is 5.32 Å². The van der Waals surface area contributed by atoms with Crippen LogP contribution in [0.15, 0.2) is 72.3 Å². The minimum absolute atomic E-state index is 0.0118. The average Bonchev–Trinajstić information content (AvgIpc) is 2.87. The van der Waals surface area contributed by atoms with Crippen LogP contribution in [0.3, 0.4) is 0 Å². The molecule has 3 aromatic carbocycles. The van der Waals surface area contributed by atoms with Crippen molar-refractivity contribution in [3.05, 3.63) is 98.8 Å². The lowest BCUT2D eigenvalue weighted by atomic mass is 10.1. The van der Waals surface area contributed by atoms with Crippen LogP contribution in [-0.2, 0) is 14.4 Å². The number of urea groups is 1. The van der Waals surface area contributed by atoms with Crippen molar-refractivity contribution in [2.24, 2.45) is 0 Å². The Hall–Kier alpha value is -5.10. The molecular weight excluding hydrogens is 523 g/mol. The van der Waals surface area contributed by atoms with Crippen LogP contribution in [-0.4, -0.2) is 35.3 Å². The van der Waals surface area contributed by atoms with E-state index >= 15 is 0 Å². The zero-order valence-corrected chi connectivity index (χ0v) is 19.9. The number of hydrogen-bond acceptors (Lipinski definition) is 7. The molecule has 0 saturated carbocycles. The highest BCUT2D eigenvalue weighted by Gasteiger charge is 2.37. The number of ether oxygens (including phenoxy) is 1. The third kappa shape index (κ3) is 5.65. The molecule has 192 valence electrons. The number of non-ortho nitro benzene ring substituents is 1. The van der Waals surface area contributed by atoms with Crippen LogP contribution in [0.1, 0.15) is 5.56 Å². The summed E-state index contributed by atoms with van der Waals surface area (Å²) in [4.78, 5) is 60.8. The maximum Gasteiger partial charge on any atom is 0.335 e. The molecule has 1 aliphatic rings. The lowest BCUT2D eigenvalue weighted by molar-refractivity contribution is -0.384. The van der Waals surface area contributed by atoms with Gasteiger partial charge in [-0.05, 0) is 42.0 Å². The highest BCUT2D eigenvalue weighted by Crippen LogP contribution is 2.29. The third-order valence-electron chi connectivity index (χ3n) is 5.17. The van der Waals surface area contributed by atoms with Gasteiger partial charge in [0.25, 0.3) is 23.4 Å². The number of hydrogen-bond donors (Lipinski definition) is 2. The predicted molar refractivity (Wildman–Crippen MR) is 134 cm³/mol. The van der Waals surface area contributed by atoms with Crippen LogP contribution in [0.4, 0.5) is 26.2 Å². The number of nitro benzene ring substituents is 1. The Kier molecular flexibility index (Phi) is 7.44. The fourth-order valence-corrected chi connectivity index (χ4v) is 3.66. The molecule has 13 heteroatoms. The molecule has 38 heavy (non-hydrogen) atoms. The zero-order valence-electron chi connectivity index (χ0n) is 19.1. The largest absolute Gasteiger partial charge is 0.482 e. The van der Waals surface area contributed by atoms with Crippen molar-refractivity contribution in [2.45, 2.75) is 0 Å². The predicted octanol–water partition coefficient (Wildman–Crippen LogP) is 4.07. The topological polar surface area (TPSA) is 148 Å². The quantitative estimate of drug-likeness (QED) is 0.199. The molecule has 0 aliphatic carbocycles. The van der Waals surface area contributed by atoms with Crippen LogP contribution >= 0.6 is 11.6 Å². The van der Waals surface area contributed by atoms with Crippen LogP contribution in [0.5, 0.6) is 5.75 Å². The maximum atomic E-state index is 13.7. The van der Waals surface area contributed by atoms with E-state index < -0.39 is 46.7 Å². The second kappa shape index (κ2) is 10.9. The first-order valence-corrected chi connectivity index (χ1v) is 11.1. The fourth-order valence-electron chi connectivity index (χ4n) is 3.42. The summed E-state index contributed by atoms with van der Waals surface area (Å²) in [6, 6.07) is 13.6. The Labute approximate surface area is 218 Å². The van der Waals surface area contributed by atoms with Crippen molar-refractivity contribution < 1.29 is 33.2 Å². The maximum absolute atomic E-state index is 13.7. The molecule has 1 aliphatic heterocycles. The number of amides is 5. The Morgan fingerprint density at radius 3 is 2.58 bits per heavy atom. The van der Waals surface area contributed by atoms with Crippen molar-refractivity contribution in [1.29, 1.82) is 0 Å². The number of nitrogens with one attached hydrogen (secondary N) is 2. The second-order valence-electron chi connectivity index (χ2n) is 7.74. The van der Waals surface area contributed by atoms with Crippen molar-refractivity contribution in [3.63, 3.8) is 0 Å². The number of rotatable bonds is 7. The lowest BCUT2D eigenvalue weighted by Gasteiger charge is -2.26. The number of benzene rings is 3. The molecule has 11 nitrogen and oxygen atoms in total. The molecule has 5 amide bonds. The Morgan fingerprint density at radius 1 is 1.11 bits per heavy atom. The van der Waals surface area contributed by atoms with Gasteiger partial charge in [0, 0.05) is 12.1 Å². The smallest absolute Gasteiger partial charge is 0.335 e. The minimum atomic E-state index is -1.06. The summed E-state index contributed by atoms with van der Waals surface area (Å²) < 4.78 is 19.1. The van der Waals surface area contributed by atoms with Crippen LogP contribution in [0.25, 0.3) is 6.08 Å². The summed E-state index contributed by atoms with van der Waals surface area (Å²) in [5.74, 6) is -3.11. The van der Waals surface area contributed by atoms with Crippen molar-refractivity contribution in [3.8, 4) is 5.75 Å². The highest BCUT2D eigenvalue weighted by molar-refractivity contribution is 6.39. The normalized spacial score (nSPS) is 14.3. The number of carbonyl (C=O) groups is 4. The van der Waals surface area contributed by atoms with Crippen molar-refractivity contribution in [2.75, 3.05) is 16.8 Å². The Bertz CT molecular complexity index is 1530. The molecule has 0 unspecified atom stereocenters. The van der Waals surface area contributed by atoms with Crippen LogP contribution in [0.2, 0.25) is 5.02 Å². The standard InChI is InChI=1S/C25H16ClFN4O7/c26-18-11-14(8-9-21(18)38-13-22(32)28-20-7-2-1-6-19(20)27)10-17-23(33)29-25(35)30(24(17)34)15-4-3-5-16(12-15)31(36)37/h1-12H,13H2,(H,28,32)(H,29,33,35)/b17-10-. The van der Waals surface area contributed by atoms with Gasteiger partial charge in [-0.3, -0.25) is 29.8 Å². The molecule has 0 aromatic heterocycles. The molecule has 2 N–H and O–H groups in total.